The van der Waals surface area contributed by atoms with Crippen LogP contribution in [0.2, 0.25) is 0 Å². The van der Waals surface area contributed by atoms with Gasteiger partial charge in [-0.15, -0.1) is 0 Å². The molecule has 22 heavy (non-hydrogen) atoms. The normalized spacial score (nSPS) is 11.4. The molecule has 0 radical (unpaired) electrons. The van der Waals surface area contributed by atoms with Crippen molar-refractivity contribution in [2.45, 2.75) is 19.9 Å². The maximum Gasteiger partial charge on any atom is 0.133 e. The molecule has 3 rings (SSSR count). The molecule has 0 aliphatic rings. The first-order valence-corrected chi connectivity index (χ1v) is 7.59. The van der Waals surface area contributed by atoms with E-state index in [-0.39, 0.29) is 0 Å². The lowest BCUT2D eigenvalue weighted by Gasteiger charge is -2.04. The van der Waals surface area contributed by atoms with E-state index < -0.39 is 0 Å². The van der Waals surface area contributed by atoms with Gasteiger partial charge in [0.25, 0.3) is 0 Å². The van der Waals surface area contributed by atoms with Gasteiger partial charge in [-0.2, -0.15) is 0 Å². The molecule has 0 atom stereocenters. The van der Waals surface area contributed by atoms with Crippen LogP contribution in [0.3, 0.4) is 0 Å². The first-order valence-electron chi connectivity index (χ1n) is 7.59. The number of ether oxygens (including phenoxy) is 1. The van der Waals surface area contributed by atoms with Gasteiger partial charge >= 0.3 is 0 Å². The zero-order valence-corrected chi connectivity index (χ0v) is 13.0. The molecule has 2 aromatic carbocycles. The Hall–Kier alpha value is -2.55. The summed E-state index contributed by atoms with van der Waals surface area (Å²) in [6.45, 7) is 3.16. The van der Waals surface area contributed by atoms with E-state index in [0.29, 0.717) is 0 Å². The quantitative estimate of drug-likeness (QED) is 0.686. The van der Waals surface area contributed by atoms with Crippen molar-refractivity contribution in [3.8, 4) is 5.75 Å². The Morgan fingerprint density at radius 2 is 1.82 bits per heavy atom. The fourth-order valence-corrected chi connectivity index (χ4v) is 2.57. The Kier molecular flexibility index (Phi) is 4.24. The number of aryl methyl sites for hydroxylation is 1. The smallest absolute Gasteiger partial charge is 0.133 e. The van der Waals surface area contributed by atoms with E-state index in [1.54, 1.807) is 7.11 Å². The topological polar surface area (TPSA) is 27.1 Å². The molecule has 0 bridgehead atoms. The summed E-state index contributed by atoms with van der Waals surface area (Å²) in [5.74, 6) is 1.87. The number of benzene rings is 2. The van der Waals surface area contributed by atoms with Gasteiger partial charge in [-0.05, 0) is 42.3 Å². The Balaban J connectivity index is 1.94. The fraction of sp³-hybridized carbons (Fsp3) is 0.211. The summed E-state index contributed by atoms with van der Waals surface area (Å²) in [7, 11) is 1.68. The standard InChI is InChI=1S/C19H20N2O/c1-3-14-21-18-7-5-4-6-17(18)20-19(21)13-10-15-8-11-16(22-2)12-9-15/h4-13H,3,14H2,1-2H3/b13-10+. The minimum Gasteiger partial charge on any atom is -0.497 e. The molecule has 3 heteroatoms. The largest absolute Gasteiger partial charge is 0.497 e. The summed E-state index contributed by atoms with van der Waals surface area (Å²) >= 11 is 0. The van der Waals surface area contributed by atoms with Gasteiger partial charge in [-0.3, -0.25) is 0 Å². The number of para-hydroxylation sites is 2. The molecule has 112 valence electrons. The second-order valence-corrected chi connectivity index (χ2v) is 5.22. The molecule has 0 spiro atoms. The van der Waals surface area contributed by atoms with Gasteiger partial charge in [0.1, 0.15) is 11.6 Å². The molecule has 0 fully saturated rings. The molecule has 3 nitrogen and oxygen atoms in total. The molecule has 0 aliphatic heterocycles. The summed E-state index contributed by atoms with van der Waals surface area (Å²) in [6.07, 6.45) is 5.26. The Morgan fingerprint density at radius 1 is 1.05 bits per heavy atom. The Morgan fingerprint density at radius 3 is 2.55 bits per heavy atom. The lowest BCUT2D eigenvalue weighted by atomic mass is 10.2. The van der Waals surface area contributed by atoms with E-state index in [4.69, 9.17) is 9.72 Å². The van der Waals surface area contributed by atoms with Crippen molar-refractivity contribution in [3.63, 3.8) is 0 Å². The number of aromatic nitrogens is 2. The number of nitrogens with zero attached hydrogens (tertiary/aromatic N) is 2. The highest BCUT2D eigenvalue weighted by atomic mass is 16.5. The van der Waals surface area contributed by atoms with Gasteiger partial charge in [0.05, 0.1) is 18.1 Å². The third-order valence-electron chi connectivity index (χ3n) is 3.67. The predicted molar refractivity (Wildman–Crippen MR) is 91.9 cm³/mol. The number of imidazole rings is 1. The first-order chi connectivity index (χ1) is 10.8. The summed E-state index contributed by atoms with van der Waals surface area (Å²) in [5, 5.41) is 0. The number of methoxy groups -OCH3 is 1. The molecule has 0 amide bonds. The molecule has 1 heterocycles. The monoisotopic (exact) mass is 292 g/mol. The minimum atomic E-state index is 0.871. The van der Waals surface area contributed by atoms with Crippen LogP contribution in [0.1, 0.15) is 24.7 Å². The molecule has 3 aromatic rings. The van der Waals surface area contributed by atoms with Crippen molar-refractivity contribution < 1.29 is 4.74 Å². The minimum absolute atomic E-state index is 0.871. The number of hydrogen-bond donors (Lipinski definition) is 0. The predicted octanol–water partition coefficient (Wildman–Crippen LogP) is 4.63. The SMILES string of the molecule is CCCn1c(/C=C/c2ccc(OC)cc2)nc2ccccc21. The van der Waals surface area contributed by atoms with Crippen LogP contribution >= 0.6 is 0 Å². The van der Waals surface area contributed by atoms with Crippen LogP contribution in [0.25, 0.3) is 23.2 Å². The molecular weight excluding hydrogens is 272 g/mol. The summed E-state index contributed by atoms with van der Waals surface area (Å²) < 4.78 is 7.46. The third kappa shape index (κ3) is 2.89. The van der Waals surface area contributed by atoms with Crippen LogP contribution in [0.4, 0.5) is 0 Å². The fourth-order valence-electron chi connectivity index (χ4n) is 2.57. The highest BCUT2D eigenvalue weighted by Gasteiger charge is 2.06. The lowest BCUT2D eigenvalue weighted by Crippen LogP contribution is -1.99. The molecule has 0 saturated carbocycles. The Labute approximate surface area is 130 Å². The number of fused-ring (bicyclic) bond motifs is 1. The average Bonchev–Trinajstić information content (AvgIpc) is 2.92. The summed E-state index contributed by atoms with van der Waals surface area (Å²) in [5.41, 5.74) is 3.37. The van der Waals surface area contributed by atoms with Gasteiger partial charge < -0.3 is 9.30 Å². The maximum atomic E-state index is 5.18. The molecular formula is C19H20N2O. The zero-order chi connectivity index (χ0) is 15.4. The summed E-state index contributed by atoms with van der Waals surface area (Å²) in [4.78, 5) is 4.73. The van der Waals surface area contributed by atoms with E-state index in [1.165, 1.54) is 5.52 Å². The van der Waals surface area contributed by atoms with Gasteiger partial charge in [-0.1, -0.05) is 37.3 Å². The van der Waals surface area contributed by atoms with E-state index in [1.807, 2.05) is 30.3 Å². The van der Waals surface area contributed by atoms with Gasteiger partial charge in [-0.25, -0.2) is 4.98 Å². The highest BCUT2D eigenvalue weighted by Crippen LogP contribution is 2.19. The van der Waals surface area contributed by atoms with Crippen molar-refractivity contribution in [1.29, 1.82) is 0 Å². The second kappa shape index (κ2) is 6.48. The van der Waals surface area contributed by atoms with Crippen molar-refractivity contribution in [3.05, 3.63) is 59.9 Å². The first kappa shape index (κ1) is 14.4. The second-order valence-electron chi connectivity index (χ2n) is 5.22. The number of hydrogen-bond acceptors (Lipinski definition) is 2. The van der Waals surface area contributed by atoms with Crippen LogP contribution < -0.4 is 4.74 Å². The zero-order valence-electron chi connectivity index (χ0n) is 13.0. The maximum absolute atomic E-state index is 5.18. The van der Waals surface area contributed by atoms with Crippen molar-refractivity contribution in [2.75, 3.05) is 7.11 Å². The molecule has 0 unspecified atom stereocenters. The van der Waals surface area contributed by atoms with Crippen molar-refractivity contribution >= 4 is 23.2 Å². The van der Waals surface area contributed by atoms with Crippen molar-refractivity contribution in [2.24, 2.45) is 0 Å². The molecule has 0 saturated heterocycles. The van der Waals surface area contributed by atoms with Crippen LogP contribution in [0.5, 0.6) is 5.75 Å². The molecule has 1 aromatic heterocycles. The molecule has 0 N–H and O–H groups in total. The van der Waals surface area contributed by atoms with E-state index >= 15 is 0 Å². The van der Waals surface area contributed by atoms with Crippen LogP contribution in [-0.2, 0) is 6.54 Å². The van der Waals surface area contributed by atoms with E-state index in [2.05, 4.69) is 41.8 Å². The number of rotatable bonds is 5. The summed E-state index contributed by atoms with van der Waals surface area (Å²) in [6, 6.07) is 16.3. The van der Waals surface area contributed by atoms with Gasteiger partial charge in [0, 0.05) is 6.54 Å². The molecule has 0 aliphatic carbocycles. The van der Waals surface area contributed by atoms with Crippen LogP contribution in [0, 0.1) is 0 Å². The van der Waals surface area contributed by atoms with E-state index in [9.17, 15) is 0 Å². The van der Waals surface area contributed by atoms with Crippen LogP contribution in [-0.4, -0.2) is 16.7 Å². The van der Waals surface area contributed by atoms with Gasteiger partial charge in [0.2, 0.25) is 0 Å². The third-order valence-corrected chi connectivity index (χ3v) is 3.67. The average molecular weight is 292 g/mol. The van der Waals surface area contributed by atoms with Gasteiger partial charge in [0.15, 0.2) is 0 Å². The van der Waals surface area contributed by atoms with Crippen molar-refractivity contribution in [1.82, 2.24) is 9.55 Å². The lowest BCUT2D eigenvalue weighted by molar-refractivity contribution is 0.415. The Bertz CT molecular complexity index is 785. The van der Waals surface area contributed by atoms with Crippen LogP contribution in [0.15, 0.2) is 48.5 Å². The van der Waals surface area contributed by atoms with E-state index in [0.717, 1.165) is 35.6 Å². The highest BCUT2D eigenvalue weighted by molar-refractivity contribution is 5.79.